The molecule has 9 heteroatoms. The van der Waals surface area contributed by atoms with Gasteiger partial charge < -0.3 is 20.3 Å². The van der Waals surface area contributed by atoms with Crippen molar-refractivity contribution in [3.05, 3.63) is 70.3 Å². The van der Waals surface area contributed by atoms with Gasteiger partial charge in [-0.25, -0.2) is 0 Å². The number of nitro benzene ring substituents is 1. The van der Waals surface area contributed by atoms with Crippen molar-refractivity contribution in [2.24, 2.45) is 0 Å². The second kappa shape index (κ2) is 8.51. The van der Waals surface area contributed by atoms with Crippen LogP contribution in [-0.4, -0.2) is 30.4 Å². The number of fused-ring (bicyclic) bond motifs is 2. The number of carbonyl (C=O) groups excluding carboxylic acids is 2. The molecular weight excluding hydrogens is 436 g/mol. The largest absolute Gasteiger partial charge is 0.490 e. The topological polar surface area (TPSA) is 114 Å². The van der Waals surface area contributed by atoms with Crippen LogP contribution in [0.4, 0.5) is 28.4 Å². The molecule has 0 radical (unpaired) electrons. The molecule has 0 aromatic heterocycles. The lowest BCUT2D eigenvalue weighted by Crippen LogP contribution is -2.35. The Labute approximate surface area is 195 Å². The molecule has 1 fully saturated rings. The Morgan fingerprint density at radius 3 is 2.47 bits per heavy atom. The minimum atomic E-state index is -0.492. The average molecular weight is 458 g/mol. The zero-order valence-electron chi connectivity index (χ0n) is 18.5. The van der Waals surface area contributed by atoms with Gasteiger partial charge in [-0.1, -0.05) is 6.07 Å². The molecule has 3 aromatic rings. The maximum atomic E-state index is 13.0. The van der Waals surface area contributed by atoms with Gasteiger partial charge in [-0.2, -0.15) is 0 Å². The molecule has 0 bridgehead atoms. The van der Waals surface area contributed by atoms with Crippen LogP contribution in [0.25, 0.3) is 11.1 Å². The van der Waals surface area contributed by atoms with E-state index in [1.807, 2.05) is 24.3 Å². The van der Waals surface area contributed by atoms with E-state index in [1.165, 1.54) is 13.2 Å². The molecule has 2 amide bonds. The van der Waals surface area contributed by atoms with E-state index in [4.69, 9.17) is 4.74 Å². The predicted molar refractivity (Wildman–Crippen MR) is 129 cm³/mol. The number of nitro groups is 1. The molecule has 1 saturated heterocycles. The highest BCUT2D eigenvalue weighted by Crippen LogP contribution is 2.38. The van der Waals surface area contributed by atoms with E-state index >= 15 is 0 Å². The Kier molecular flexibility index (Phi) is 5.37. The highest BCUT2D eigenvalue weighted by Gasteiger charge is 2.24. The molecule has 2 heterocycles. The van der Waals surface area contributed by atoms with Crippen molar-refractivity contribution in [3.63, 3.8) is 0 Å². The van der Waals surface area contributed by atoms with Crippen molar-refractivity contribution in [2.75, 3.05) is 29.2 Å². The molecule has 5 rings (SSSR count). The van der Waals surface area contributed by atoms with Gasteiger partial charge in [-0.15, -0.1) is 0 Å². The van der Waals surface area contributed by atoms with Gasteiger partial charge in [-0.05, 0) is 66.4 Å². The van der Waals surface area contributed by atoms with Crippen LogP contribution in [0.3, 0.4) is 0 Å². The zero-order chi connectivity index (χ0) is 23.8. The van der Waals surface area contributed by atoms with E-state index in [9.17, 15) is 19.7 Å². The minimum Gasteiger partial charge on any atom is -0.490 e. The third-order valence-electron chi connectivity index (χ3n) is 6.13. The highest BCUT2D eigenvalue weighted by atomic mass is 16.6. The summed E-state index contributed by atoms with van der Waals surface area (Å²) in [5, 5.41) is 17.5. The average Bonchev–Trinajstić information content (AvgIpc) is 2.98. The molecule has 34 heavy (non-hydrogen) atoms. The molecular formula is C25H22N4O5. The number of amides is 2. The second-order valence-corrected chi connectivity index (χ2v) is 8.22. The lowest BCUT2D eigenvalue weighted by atomic mass is 10.0. The highest BCUT2D eigenvalue weighted by molar-refractivity contribution is 6.13. The van der Waals surface area contributed by atoms with E-state index in [-0.39, 0.29) is 23.3 Å². The summed E-state index contributed by atoms with van der Waals surface area (Å²) in [7, 11) is 1.39. The summed E-state index contributed by atoms with van der Waals surface area (Å²) in [4.78, 5) is 37.8. The third-order valence-corrected chi connectivity index (χ3v) is 6.13. The van der Waals surface area contributed by atoms with Gasteiger partial charge in [-0.3, -0.25) is 19.7 Å². The van der Waals surface area contributed by atoms with Gasteiger partial charge in [0, 0.05) is 24.7 Å². The van der Waals surface area contributed by atoms with Gasteiger partial charge in [0.15, 0.2) is 5.75 Å². The van der Waals surface area contributed by atoms with Crippen LogP contribution in [0.1, 0.15) is 29.6 Å². The summed E-state index contributed by atoms with van der Waals surface area (Å²) in [6, 6.07) is 15.5. The number of anilines is 4. The first-order chi connectivity index (χ1) is 16.4. The number of carbonyl (C=O) groups is 2. The predicted octanol–water partition coefficient (Wildman–Crippen LogP) is 5.10. The molecule has 0 aliphatic carbocycles. The number of benzene rings is 3. The zero-order valence-corrected chi connectivity index (χ0v) is 18.5. The quantitative estimate of drug-likeness (QED) is 0.416. The second-order valence-electron chi connectivity index (χ2n) is 8.22. The van der Waals surface area contributed by atoms with Crippen molar-refractivity contribution < 1.29 is 19.2 Å². The van der Waals surface area contributed by atoms with Crippen molar-refractivity contribution in [2.45, 2.75) is 19.3 Å². The summed E-state index contributed by atoms with van der Waals surface area (Å²) in [6.07, 6.45) is 2.38. The smallest absolute Gasteiger partial charge is 0.310 e. The van der Waals surface area contributed by atoms with Crippen LogP contribution in [0, 0.1) is 10.1 Å². The molecule has 3 aromatic carbocycles. The van der Waals surface area contributed by atoms with Crippen LogP contribution >= 0.6 is 0 Å². The number of hydrogen-bond donors (Lipinski definition) is 2. The van der Waals surface area contributed by atoms with Crippen molar-refractivity contribution in [1.82, 2.24) is 0 Å². The van der Waals surface area contributed by atoms with Crippen LogP contribution < -0.4 is 20.3 Å². The SMILES string of the molecule is COc1cc(-c2ccc3c(c2)Nc2ccc(N4CCCCC4=O)cc2NC3=O)ccc1[N+](=O)[O-]. The van der Waals surface area contributed by atoms with E-state index in [2.05, 4.69) is 10.6 Å². The Hall–Kier alpha value is -4.40. The number of hydrogen-bond acceptors (Lipinski definition) is 6. The molecule has 0 atom stereocenters. The molecule has 172 valence electrons. The maximum absolute atomic E-state index is 13.0. The number of rotatable bonds is 4. The van der Waals surface area contributed by atoms with Crippen LogP contribution in [0.5, 0.6) is 5.75 Å². The number of nitrogens with zero attached hydrogens (tertiary/aromatic N) is 2. The summed E-state index contributed by atoms with van der Waals surface area (Å²) >= 11 is 0. The molecule has 2 aliphatic rings. The van der Waals surface area contributed by atoms with Gasteiger partial charge >= 0.3 is 5.69 Å². The van der Waals surface area contributed by atoms with Gasteiger partial charge in [0.25, 0.3) is 5.91 Å². The third kappa shape index (κ3) is 3.81. The van der Waals surface area contributed by atoms with Crippen molar-refractivity contribution in [3.8, 4) is 16.9 Å². The lowest BCUT2D eigenvalue weighted by Gasteiger charge is -2.27. The van der Waals surface area contributed by atoms with E-state index < -0.39 is 4.92 Å². The molecule has 0 unspecified atom stereocenters. The lowest BCUT2D eigenvalue weighted by molar-refractivity contribution is -0.385. The first-order valence-electron chi connectivity index (χ1n) is 10.9. The number of piperidine rings is 1. The van der Waals surface area contributed by atoms with Crippen LogP contribution in [0.15, 0.2) is 54.6 Å². The fourth-order valence-electron chi connectivity index (χ4n) is 4.36. The summed E-state index contributed by atoms with van der Waals surface area (Å²) < 4.78 is 5.18. The summed E-state index contributed by atoms with van der Waals surface area (Å²) in [6.45, 7) is 0.668. The van der Waals surface area contributed by atoms with Crippen LogP contribution in [-0.2, 0) is 4.79 Å². The minimum absolute atomic E-state index is 0.0885. The number of ether oxygens (including phenoxy) is 1. The van der Waals surface area contributed by atoms with Crippen LogP contribution in [0.2, 0.25) is 0 Å². The first-order valence-corrected chi connectivity index (χ1v) is 10.9. The Balaban J connectivity index is 1.50. The molecule has 2 N–H and O–H groups in total. The molecule has 9 nitrogen and oxygen atoms in total. The van der Waals surface area contributed by atoms with Gasteiger partial charge in [0.2, 0.25) is 5.91 Å². The standard InChI is InChI=1S/C25H22N4O5/c1-34-23-13-16(6-10-22(23)29(32)33)15-5-8-18-20(12-15)26-19-9-7-17(14-21(19)27-25(18)31)28-11-3-2-4-24(28)30/h5-10,12-14,26H,2-4,11H2,1H3,(H,27,31). The number of methoxy groups -OCH3 is 1. The van der Waals surface area contributed by atoms with Crippen molar-refractivity contribution in [1.29, 1.82) is 0 Å². The van der Waals surface area contributed by atoms with Gasteiger partial charge in [0.05, 0.1) is 34.7 Å². The molecule has 0 spiro atoms. The normalized spacial score (nSPS) is 14.9. The monoisotopic (exact) mass is 458 g/mol. The fraction of sp³-hybridized carbons (Fsp3) is 0.200. The van der Waals surface area contributed by atoms with Gasteiger partial charge in [0.1, 0.15) is 0 Å². The maximum Gasteiger partial charge on any atom is 0.310 e. The van der Waals surface area contributed by atoms with E-state index in [0.29, 0.717) is 35.6 Å². The summed E-state index contributed by atoms with van der Waals surface area (Å²) in [5.74, 6) is -0.0185. The number of nitrogens with one attached hydrogen (secondary N) is 2. The first kappa shape index (κ1) is 21.4. The molecule has 2 aliphatic heterocycles. The summed E-state index contributed by atoms with van der Waals surface area (Å²) in [5.41, 5.74) is 4.50. The fourth-order valence-corrected chi connectivity index (χ4v) is 4.36. The van der Waals surface area contributed by atoms with E-state index in [0.717, 1.165) is 29.7 Å². The molecule has 0 saturated carbocycles. The Bertz CT molecular complexity index is 1340. The van der Waals surface area contributed by atoms with E-state index in [1.54, 1.807) is 29.2 Å². The Morgan fingerprint density at radius 1 is 0.912 bits per heavy atom. The van der Waals surface area contributed by atoms with Crippen molar-refractivity contribution >= 4 is 40.3 Å². The Morgan fingerprint density at radius 2 is 1.71 bits per heavy atom.